The third-order valence-corrected chi connectivity index (χ3v) is 1.75. The predicted octanol–water partition coefficient (Wildman–Crippen LogP) is 1.03. The summed E-state index contributed by atoms with van der Waals surface area (Å²) in [5, 5.41) is 0.630. The van der Waals surface area contributed by atoms with E-state index in [-0.39, 0.29) is 0 Å². The zero-order valence-corrected chi connectivity index (χ0v) is 7.23. The lowest BCUT2D eigenvalue weighted by atomic mass is 10.2. The fourth-order valence-electron chi connectivity index (χ4n) is 0.842. The van der Waals surface area contributed by atoms with Crippen LogP contribution in [-0.2, 0) is 6.42 Å². The number of aromatic nitrogens is 2. The fraction of sp³-hybridized carbons (Fsp3) is 0.286. The SMILES string of the molecule is [CH2]Cc1c(N)nc(C)nc1S. The minimum atomic E-state index is 0.484. The Kier molecular flexibility index (Phi) is 2.34. The van der Waals surface area contributed by atoms with E-state index in [0.717, 1.165) is 5.56 Å². The minimum Gasteiger partial charge on any atom is -0.383 e. The minimum absolute atomic E-state index is 0.484. The molecule has 1 rings (SSSR count). The Morgan fingerprint density at radius 3 is 2.64 bits per heavy atom. The molecule has 1 radical (unpaired) electrons. The summed E-state index contributed by atoms with van der Waals surface area (Å²) < 4.78 is 0. The molecule has 0 bridgehead atoms. The van der Waals surface area contributed by atoms with Gasteiger partial charge in [0.05, 0.1) is 0 Å². The summed E-state index contributed by atoms with van der Waals surface area (Å²) in [6.45, 7) is 5.48. The average Bonchev–Trinajstić information content (AvgIpc) is 1.85. The van der Waals surface area contributed by atoms with E-state index < -0.39 is 0 Å². The summed E-state index contributed by atoms with van der Waals surface area (Å²) in [5.41, 5.74) is 6.41. The summed E-state index contributed by atoms with van der Waals surface area (Å²) in [6, 6.07) is 0. The average molecular weight is 168 g/mol. The highest BCUT2D eigenvalue weighted by molar-refractivity contribution is 7.80. The Balaban J connectivity index is 3.25. The van der Waals surface area contributed by atoms with Crippen molar-refractivity contribution < 1.29 is 0 Å². The number of nitrogens with two attached hydrogens (primary N) is 1. The van der Waals surface area contributed by atoms with Gasteiger partial charge >= 0.3 is 0 Å². The quantitative estimate of drug-likeness (QED) is 0.486. The largest absolute Gasteiger partial charge is 0.383 e. The number of anilines is 1. The van der Waals surface area contributed by atoms with E-state index in [1.165, 1.54) is 0 Å². The van der Waals surface area contributed by atoms with E-state index in [1.807, 2.05) is 0 Å². The Bertz CT molecular complexity index is 249. The number of thiol groups is 1. The summed E-state index contributed by atoms with van der Waals surface area (Å²) in [5.74, 6) is 1.13. The summed E-state index contributed by atoms with van der Waals surface area (Å²) in [4.78, 5) is 8.02. The van der Waals surface area contributed by atoms with E-state index in [9.17, 15) is 0 Å². The maximum atomic E-state index is 5.59. The second kappa shape index (κ2) is 3.09. The van der Waals surface area contributed by atoms with Crippen molar-refractivity contribution in [3.05, 3.63) is 18.3 Å². The highest BCUT2D eigenvalue weighted by Gasteiger charge is 2.04. The Hall–Kier alpha value is -0.770. The van der Waals surface area contributed by atoms with Crippen molar-refractivity contribution in [3.63, 3.8) is 0 Å². The molecule has 3 nitrogen and oxygen atoms in total. The number of hydrogen-bond donors (Lipinski definition) is 2. The Labute approximate surface area is 71.5 Å². The second-order valence-corrected chi connectivity index (χ2v) is 2.63. The van der Waals surface area contributed by atoms with Crippen molar-refractivity contribution in [2.24, 2.45) is 0 Å². The zero-order chi connectivity index (χ0) is 8.43. The van der Waals surface area contributed by atoms with Crippen molar-refractivity contribution in [2.45, 2.75) is 18.4 Å². The normalized spacial score (nSPS) is 10.1. The summed E-state index contributed by atoms with van der Waals surface area (Å²) in [6.07, 6.45) is 0.574. The molecule has 0 saturated heterocycles. The summed E-state index contributed by atoms with van der Waals surface area (Å²) in [7, 11) is 0. The monoisotopic (exact) mass is 168 g/mol. The first kappa shape index (κ1) is 8.33. The first-order valence-corrected chi connectivity index (χ1v) is 3.71. The van der Waals surface area contributed by atoms with Crippen molar-refractivity contribution in [2.75, 3.05) is 5.73 Å². The molecule has 0 aliphatic carbocycles. The van der Waals surface area contributed by atoms with E-state index in [0.29, 0.717) is 23.1 Å². The predicted molar refractivity (Wildman–Crippen MR) is 47.5 cm³/mol. The maximum Gasteiger partial charge on any atom is 0.131 e. The molecule has 0 atom stereocenters. The van der Waals surface area contributed by atoms with Gasteiger partial charge in [0, 0.05) is 5.56 Å². The lowest BCUT2D eigenvalue weighted by Crippen LogP contribution is -2.02. The van der Waals surface area contributed by atoms with Crippen LogP contribution in [0.3, 0.4) is 0 Å². The van der Waals surface area contributed by atoms with Crippen LogP contribution in [0.25, 0.3) is 0 Å². The smallest absolute Gasteiger partial charge is 0.131 e. The van der Waals surface area contributed by atoms with Crippen LogP contribution in [0.4, 0.5) is 5.82 Å². The van der Waals surface area contributed by atoms with Gasteiger partial charge in [0.15, 0.2) is 0 Å². The molecule has 1 aromatic rings. The molecule has 4 heteroatoms. The van der Waals surface area contributed by atoms with E-state index in [2.05, 4.69) is 29.5 Å². The molecule has 2 N–H and O–H groups in total. The van der Waals surface area contributed by atoms with Crippen molar-refractivity contribution >= 4 is 18.4 Å². The van der Waals surface area contributed by atoms with Crippen LogP contribution in [0.1, 0.15) is 11.4 Å². The van der Waals surface area contributed by atoms with Gasteiger partial charge in [-0.15, -0.1) is 12.6 Å². The van der Waals surface area contributed by atoms with Gasteiger partial charge in [0.1, 0.15) is 16.7 Å². The first-order chi connectivity index (χ1) is 5.15. The summed E-state index contributed by atoms with van der Waals surface area (Å²) >= 11 is 4.15. The molecule has 0 amide bonds. The molecule has 0 unspecified atom stereocenters. The van der Waals surface area contributed by atoms with Gasteiger partial charge in [-0.05, 0) is 20.3 Å². The second-order valence-electron chi connectivity index (χ2n) is 2.21. The van der Waals surface area contributed by atoms with Gasteiger partial charge in [-0.25, -0.2) is 9.97 Å². The maximum absolute atomic E-state index is 5.59. The first-order valence-electron chi connectivity index (χ1n) is 3.26. The van der Waals surface area contributed by atoms with Gasteiger partial charge in [0.25, 0.3) is 0 Å². The van der Waals surface area contributed by atoms with Gasteiger partial charge in [-0.1, -0.05) is 0 Å². The molecule has 1 aromatic heterocycles. The molecule has 0 aromatic carbocycles. The van der Waals surface area contributed by atoms with Gasteiger partial charge < -0.3 is 5.73 Å². The lowest BCUT2D eigenvalue weighted by molar-refractivity contribution is 0.931. The highest BCUT2D eigenvalue weighted by Crippen LogP contribution is 2.16. The standard InChI is InChI=1S/C7H10N3S/c1-3-5-6(8)9-4(2)10-7(5)11/h1,3H2,2H3,(H3,8,9,10,11). The number of hydrogen-bond acceptors (Lipinski definition) is 4. The molecule has 0 aliphatic rings. The van der Waals surface area contributed by atoms with Crippen LogP contribution in [0.2, 0.25) is 0 Å². The van der Waals surface area contributed by atoms with Crippen LogP contribution >= 0.6 is 12.6 Å². The van der Waals surface area contributed by atoms with Crippen LogP contribution in [0, 0.1) is 13.8 Å². The molecular weight excluding hydrogens is 158 g/mol. The van der Waals surface area contributed by atoms with Crippen molar-refractivity contribution in [1.82, 2.24) is 9.97 Å². The van der Waals surface area contributed by atoms with Crippen molar-refractivity contribution in [3.8, 4) is 0 Å². The number of nitrogen functional groups attached to an aromatic ring is 1. The molecule has 59 valence electrons. The number of aryl methyl sites for hydroxylation is 1. The molecule has 1 heterocycles. The Morgan fingerprint density at radius 2 is 2.18 bits per heavy atom. The lowest BCUT2D eigenvalue weighted by Gasteiger charge is -2.04. The molecule has 0 saturated carbocycles. The molecule has 0 spiro atoms. The molecule has 0 fully saturated rings. The highest BCUT2D eigenvalue weighted by atomic mass is 32.1. The van der Waals surface area contributed by atoms with Crippen LogP contribution in [-0.4, -0.2) is 9.97 Å². The third-order valence-electron chi connectivity index (χ3n) is 1.38. The van der Waals surface area contributed by atoms with Gasteiger partial charge in [-0.2, -0.15) is 0 Å². The van der Waals surface area contributed by atoms with Crippen molar-refractivity contribution in [1.29, 1.82) is 0 Å². The van der Waals surface area contributed by atoms with Crippen LogP contribution in [0.5, 0.6) is 0 Å². The Morgan fingerprint density at radius 1 is 1.55 bits per heavy atom. The molecule has 11 heavy (non-hydrogen) atoms. The topological polar surface area (TPSA) is 51.8 Å². The van der Waals surface area contributed by atoms with Gasteiger partial charge in [-0.3, -0.25) is 0 Å². The van der Waals surface area contributed by atoms with Gasteiger partial charge in [0.2, 0.25) is 0 Å². The molecular formula is C7H10N3S. The van der Waals surface area contributed by atoms with E-state index in [1.54, 1.807) is 6.92 Å². The zero-order valence-electron chi connectivity index (χ0n) is 6.33. The van der Waals surface area contributed by atoms with E-state index >= 15 is 0 Å². The number of nitrogens with zero attached hydrogens (tertiary/aromatic N) is 2. The van der Waals surface area contributed by atoms with Crippen LogP contribution in [0.15, 0.2) is 5.03 Å². The van der Waals surface area contributed by atoms with E-state index in [4.69, 9.17) is 5.73 Å². The molecule has 0 aliphatic heterocycles. The number of rotatable bonds is 1. The fourth-order valence-corrected chi connectivity index (χ4v) is 1.21. The van der Waals surface area contributed by atoms with Crippen LogP contribution < -0.4 is 5.73 Å². The third kappa shape index (κ3) is 1.63.